The van der Waals surface area contributed by atoms with E-state index in [9.17, 15) is 9.59 Å². The molecule has 0 aromatic heterocycles. The van der Waals surface area contributed by atoms with Crippen LogP contribution in [-0.4, -0.2) is 40.4 Å². The molecule has 1 heterocycles. The number of methoxy groups -OCH3 is 4. The summed E-state index contributed by atoms with van der Waals surface area (Å²) in [6.45, 7) is 0. The summed E-state index contributed by atoms with van der Waals surface area (Å²) >= 11 is 0. The fourth-order valence-corrected chi connectivity index (χ4v) is 2.54. The highest BCUT2D eigenvalue weighted by molar-refractivity contribution is 5.98. The molecule has 7 heteroatoms. The van der Waals surface area contributed by atoms with Crippen molar-refractivity contribution in [1.29, 1.82) is 0 Å². The van der Waals surface area contributed by atoms with E-state index in [-0.39, 0.29) is 11.1 Å². The molecule has 0 radical (unpaired) electrons. The van der Waals surface area contributed by atoms with Gasteiger partial charge in [0.1, 0.15) is 11.5 Å². The Labute approximate surface area is 139 Å². The van der Waals surface area contributed by atoms with Crippen LogP contribution in [0.1, 0.15) is 11.5 Å². The van der Waals surface area contributed by atoms with E-state index in [2.05, 4.69) is 5.32 Å². The van der Waals surface area contributed by atoms with Crippen LogP contribution in [-0.2, 0) is 19.1 Å². The summed E-state index contributed by atoms with van der Waals surface area (Å²) < 4.78 is 20.2. The fraction of sp³-hybridized carbons (Fsp3) is 0.294. The van der Waals surface area contributed by atoms with E-state index >= 15 is 0 Å². The summed E-state index contributed by atoms with van der Waals surface area (Å²) in [5, 5.41) is 2.78. The third kappa shape index (κ3) is 3.19. The Balaban J connectivity index is 2.60. The molecule has 1 N–H and O–H groups in total. The molecule has 0 bridgehead atoms. The molecule has 7 nitrogen and oxygen atoms in total. The molecule has 128 valence electrons. The van der Waals surface area contributed by atoms with Crippen molar-refractivity contribution in [2.45, 2.75) is 5.92 Å². The number of hydrogen-bond donors (Lipinski definition) is 1. The van der Waals surface area contributed by atoms with Gasteiger partial charge in [-0.1, -0.05) is 6.07 Å². The first kappa shape index (κ1) is 17.4. The molecule has 2 rings (SSSR count). The summed E-state index contributed by atoms with van der Waals surface area (Å²) in [4.78, 5) is 24.3. The van der Waals surface area contributed by atoms with Crippen molar-refractivity contribution in [2.24, 2.45) is 0 Å². The second-order valence-corrected chi connectivity index (χ2v) is 4.89. The Kier molecular flexibility index (Phi) is 5.47. The Morgan fingerprint density at radius 3 is 1.96 bits per heavy atom. The van der Waals surface area contributed by atoms with Crippen molar-refractivity contribution in [3.63, 3.8) is 0 Å². The molecule has 0 spiro atoms. The van der Waals surface area contributed by atoms with Crippen molar-refractivity contribution in [1.82, 2.24) is 5.32 Å². The van der Waals surface area contributed by atoms with Crippen LogP contribution in [0.25, 0.3) is 0 Å². The lowest BCUT2D eigenvalue weighted by atomic mass is 9.83. The van der Waals surface area contributed by atoms with Gasteiger partial charge in [-0.05, 0) is 6.07 Å². The van der Waals surface area contributed by atoms with Crippen molar-refractivity contribution in [2.75, 3.05) is 28.4 Å². The molecule has 0 saturated heterocycles. The van der Waals surface area contributed by atoms with Gasteiger partial charge in [-0.25, -0.2) is 9.59 Å². The van der Waals surface area contributed by atoms with Crippen LogP contribution in [0.3, 0.4) is 0 Å². The Morgan fingerprint density at radius 1 is 0.917 bits per heavy atom. The molecule has 0 amide bonds. The summed E-state index contributed by atoms with van der Waals surface area (Å²) in [6.07, 6.45) is 2.99. The SMILES string of the molecule is COC(=O)C1=CNC=C(C(=O)OC)C1c1ccc(OC)cc1OC. The van der Waals surface area contributed by atoms with Gasteiger partial charge in [0.05, 0.1) is 45.5 Å². The Morgan fingerprint density at radius 2 is 1.50 bits per heavy atom. The third-order valence-corrected chi connectivity index (χ3v) is 3.69. The van der Waals surface area contributed by atoms with Crippen LogP contribution < -0.4 is 14.8 Å². The highest BCUT2D eigenvalue weighted by Gasteiger charge is 2.35. The lowest BCUT2D eigenvalue weighted by Gasteiger charge is -2.26. The van der Waals surface area contributed by atoms with Crippen LogP contribution in [0.4, 0.5) is 0 Å². The Hall–Kier alpha value is -2.96. The largest absolute Gasteiger partial charge is 0.497 e. The molecule has 0 saturated carbocycles. The molecule has 1 aromatic rings. The standard InChI is InChI=1S/C17H19NO6/c1-21-10-5-6-11(14(7-10)22-2)15-12(16(19)23-3)8-18-9-13(15)17(20)24-4/h5-9,15,18H,1-4H3. The minimum atomic E-state index is -0.688. The van der Waals surface area contributed by atoms with E-state index in [4.69, 9.17) is 18.9 Å². The van der Waals surface area contributed by atoms with Gasteiger partial charge in [-0.3, -0.25) is 0 Å². The van der Waals surface area contributed by atoms with Gasteiger partial charge >= 0.3 is 11.9 Å². The minimum Gasteiger partial charge on any atom is -0.497 e. The zero-order valence-electron chi connectivity index (χ0n) is 13.9. The minimum absolute atomic E-state index is 0.267. The van der Waals surface area contributed by atoms with Crippen molar-refractivity contribution in [3.05, 3.63) is 47.3 Å². The summed E-state index contributed by atoms with van der Waals surface area (Å²) in [5.41, 5.74) is 1.15. The first-order chi connectivity index (χ1) is 11.6. The lowest BCUT2D eigenvalue weighted by molar-refractivity contribution is -0.137. The zero-order valence-corrected chi connectivity index (χ0v) is 13.9. The van der Waals surface area contributed by atoms with Crippen molar-refractivity contribution < 1.29 is 28.5 Å². The summed E-state index contributed by atoms with van der Waals surface area (Å²) in [6, 6.07) is 5.14. The van der Waals surface area contributed by atoms with E-state index in [0.29, 0.717) is 17.1 Å². The van der Waals surface area contributed by atoms with Crippen LogP contribution in [0, 0.1) is 0 Å². The van der Waals surface area contributed by atoms with Gasteiger partial charge in [0.15, 0.2) is 0 Å². The molecule has 1 aliphatic rings. The van der Waals surface area contributed by atoms with Gasteiger partial charge < -0.3 is 24.3 Å². The number of dihydropyridines is 1. The maximum atomic E-state index is 12.2. The molecule has 24 heavy (non-hydrogen) atoms. The van der Waals surface area contributed by atoms with E-state index < -0.39 is 17.9 Å². The second kappa shape index (κ2) is 7.54. The van der Waals surface area contributed by atoms with Gasteiger partial charge in [-0.2, -0.15) is 0 Å². The van der Waals surface area contributed by atoms with Crippen LogP contribution >= 0.6 is 0 Å². The number of rotatable bonds is 5. The predicted octanol–water partition coefficient (Wildman–Crippen LogP) is 1.50. The predicted molar refractivity (Wildman–Crippen MR) is 85.6 cm³/mol. The smallest absolute Gasteiger partial charge is 0.336 e. The average molecular weight is 333 g/mol. The quantitative estimate of drug-likeness (QED) is 0.818. The highest BCUT2D eigenvalue weighted by Crippen LogP contribution is 2.40. The van der Waals surface area contributed by atoms with Gasteiger partial charge in [0.25, 0.3) is 0 Å². The number of benzene rings is 1. The van der Waals surface area contributed by atoms with E-state index in [1.54, 1.807) is 25.3 Å². The first-order valence-corrected chi connectivity index (χ1v) is 7.12. The second-order valence-electron chi connectivity index (χ2n) is 4.89. The number of nitrogens with one attached hydrogen (secondary N) is 1. The van der Waals surface area contributed by atoms with Gasteiger partial charge in [-0.15, -0.1) is 0 Å². The number of carbonyl (C=O) groups is 2. The molecular formula is C17H19NO6. The average Bonchev–Trinajstić information content (AvgIpc) is 2.65. The van der Waals surface area contributed by atoms with Crippen LogP contribution in [0.5, 0.6) is 11.5 Å². The van der Waals surface area contributed by atoms with Gasteiger partial charge in [0, 0.05) is 24.0 Å². The van der Waals surface area contributed by atoms with Crippen LogP contribution in [0.15, 0.2) is 41.7 Å². The molecule has 1 aromatic carbocycles. The van der Waals surface area contributed by atoms with Crippen LogP contribution in [0.2, 0.25) is 0 Å². The van der Waals surface area contributed by atoms with Crippen molar-refractivity contribution >= 4 is 11.9 Å². The maximum Gasteiger partial charge on any atom is 0.336 e. The number of hydrogen-bond acceptors (Lipinski definition) is 7. The monoisotopic (exact) mass is 333 g/mol. The number of carbonyl (C=O) groups excluding carboxylic acids is 2. The van der Waals surface area contributed by atoms with E-state index in [0.717, 1.165) is 0 Å². The molecule has 0 aliphatic carbocycles. The lowest BCUT2D eigenvalue weighted by Crippen LogP contribution is -2.26. The number of ether oxygens (including phenoxy) is 4. The molecular weight excluding hydrogens is 314 g/mol. The van der Waals surface area contributed by atoms with E-state index in [1.165, 1.54) is 33.7 Å². The maximum absolute atomic E-state index is 12.2. The normalized spacial score (nSPS) is 14.0. The zero-order chi connectivity index (χ0) is 17.7. The van der Waals surface area contributed by atoms with E-state index in [1.807, 2.05) is 0 Å². The molecule has 0 unspecified atom stereocenters. The molecule has 0 atom stereocenters. The number of esters is 2. The topological polar surface area (TPSA) is 83.1 Å². The first-order valence-electron chi connectivity index (χ1n) is 7.12. The molecule has 1 aliphatic heterocycles. The Bertz CT molecular complexity index is 675. The summed E-state index contributed by atoms with van der Waals surface area (Å²) in [5.74, 6) is -0.727. The van der Waals surface area contributed by atoms with Gasteiger partial charge in [0.2, 0.25) is 0 Å². The summed E-state index contributed by atoms with van der Waals surface area (Å²) in [7, 11) is 5.60. The third-order valence-electron chi connectivity index (χ3n) is 3.69. The molecule has 0 fully saturated rings. The highest BCUT2D eigenvalue weighted by atomic mass is 16.5. The van der Waals surface area contributed by atoms with Crippen molar-refractivity contribution in [3.8, 4) is 11.5 Å². The fourth-order valence-electron chi connectivity index (χ4n) is 2.54.